The van der Waals surface area contributed by atoms with E-state index in [1.807, 2.05) is 0 Å². The van der Waals surface area contributed by atoms with Crippen molar-refractivity contribution in [3.8, 4) is 0 Å². The van der Waals surface area contributed by atoms with Gasteiger partial charge in [-0.25, -0.2) is 13.6 Å². The van der Waals surface area contributed by atoms with E-state index in [-0.39, 0.29) is 10.6 Å². The summed E-state index contributed by atoms with van der Waals surface area (Å²) in [5.74, 6) is -1.44. The van der Waals surface area contributed by atoms with Crippen LogP contribution in [-0.4, -0.2) is 11.1 Å². The lowest BCUT2D eigenvalue weighted by Crippen LogP contribution is -2.06. The van der Waals surface area contributed by atoms with Gasteiger partial charge >= 0.3 is 5.97 Å². The number of carboxylic acid groups (broad SMARTS) is 1. The Morgan fingerprint density at radius 2 is 2.07 bits per heavy atom. The van der Waals surface area contributed by atoms with E-state index < -0.39 is 23.5 Å². The van der Waals surface area contributed by atoms with Crippen molar-refractivity contribution in [2.24, 2.45) is 0 Å². The van der Waals surface area contributed by atoms with Crippen LogP contribution in [0.1, 0.15) is 27.9 Å². The number of carbonyl (C=O) groups is 1. The van der Waals surface area contributed by atoms with Gasteiger partial charge in [0.15, 0.2) is 0 Å². The quantitative estimate of drug-likeness (QED) is 0.831. The maximum atomic E-state index is 12.5. The molecule has 0 saturated carbocycles. The van der Waals surface area contributed by atoms with Gasteiger partial charge in [0, 0.05) is 5.56 Å². The van der Waals surface area contributed by atoms with Gasteiger partial charge < -0.3 is 5.11 Å². The minimum Gasteiger partial charge on any atom is -0.478 e. The van der Waals surface area contributed by atoms with Crippen LogP contribution in [0.25, 0.3) is 0 Å². The predicted octanol–water partition coefficient (Wildman–Crippen LogP) is 3.28. The van der Waals surface area contributed by atoms with Gasteiger partial charge in [-0.3, -0.25) is 0 Å². The first-order chi connectivity index (χ1) is 6.45. The molecule has 1 N–H and O–H groups in total. The van der Waals surface area contributed by atoms with E-state index >= 15 is 0 Å². The molecule has 14 heavy (non-hydrogen) atoms. The van der Waals surface area contributed by atoms with Crippen molar-refractivity contribution in [3.05, 3.63) is 33.8 Å². The molecule has 5 heteroatoms. The Bertz CT molecular complexity index is 377. The summed E-state index contributed by atoms with van der Waals surface area (Å²) < 4.78 is 25.0. The van der Waals surface area contributed by atoms with Gasteiger partial charge in [-0.2, -0.15) is 0 Å². The molecule has 0 fully saturated rings. The Balaban J connectivity index is 3.50. The molecule has 0 aliphatic heterocycles. The molecule has 0 amide bonds. The summed E-state index contributed by atoms with van der Waals surface area (Å²) in [6.07, 6.45) is -2.83. The molecule has 0 atom stereocenters. The van der Waals surface area contributed by atoms with Crippen molar-refractivity contribution in [2.75, 3.05) is 0 Å². The number of aromatic carboxylic acids is 1. The molecule has 0 spiro atoms. The van der Waals surface area contributed by atoms with Gasteiger partial charge in [0.25, 0.3) is 6.43 Å². The number of aryl methyl sites for hydroxylation is 1. The molecule has 0 heterocycles. The molecule has 0 bridgehead atoms. The van der Waals surface area contributed by atoms with Gasteiger partial charge in [-0.05, 0) is 18.6 Å². The van der Waals surface area contributed by atoms with Crippen LogP contribution in [-0.2, 0) is 0 Å². The van der Waals surface area contributed by atoms with E-state index in [9.17, 15) is 13.6 Å². The predicted molar refractivity (Wildman–Crippen MR) is 48.1 cm³/mol. The standard InChI is InChI=1S/C9H7ClF2O2/c1-4-2-3-5(10)7(9(13)14)6(4)8(11)12/h2-3,8H,1H3,(H,13,14). The summed E-state index contributed by atoms with van der Waals surface area (Å²) in [7, 11) is 0. The van der Waals surface area contributed by atoms with E-state index in [2.05, 4.69) is 0 Å². The SMILES string of the molecule is Cc1ccc(Cl)c(C(=O)O)c1C(F)F. The van der Waals surface area contributed by atoms with Gasteiger partial charge in [0.2, 0.25) is 0 Å². The summed E-state index contributed by atoms with van der Waals surface area (Å²) in [5, 5.41) is 8.53. The topological polar surface area (TPSA) is 37.3 Å². The summed E-state index contributed by atoms with van der Waals surface area (Å²) in [5.41, 5.74) is -0.798. The van der Waals surface area contributed by atoms with E-state index in [0.717, 1.165) is 0 Å². The van der Waals surface area contributed by atoms with Gasteiger partial charge in [-0.15, -0.1) is 0 Å². The van der Waals surface area contributed by atoms with Crippen LogP contribution in [0.2, 0.25) is 5.02 Å². The highest BCUT2D eigenvalue weighted by Crippen LogP contribution is 2.31. The first-order valence-electron chi connectivity index (χ1n) is 3.75. The van der Waals surface area contributed by atoms with Crippen LogP contribution >= 0.6 is 11.6 Å². The average Bonchev–Trinajstić information content (AvgIpc) is 2.07. The highest BCUT2D eigenvalue weighted by Gasteiger charge is 2.22. The number of hydrogen-bond donors (Lipinski definition) is 1. The second-order valence-electron chi connectivity index (χ2n) is 2.76. The summed E-state index contributed by atoms with van der Waals surface area (Å²) in [6, 6.07) is 2.67. The Morgan fingerprint density at radius 1 is 1.50 bits per heavy atom. The normalized spacial score (nSPS) is 10.6. The smallest absolute Gasteiger partial charge is 0.337 e. The molecular formula is C9H7ClF2O2. The number of hydrogen-bond acceptors (Lipinski definition) is 1. The van der Waals surface area contributed by atoms with Crippen molar-refractivity contribution in [1.82, 2.24) is 0 Å². The molecule has 1 aromatic carbocycles. The Morgan fingerprint density at radius 3 is 2.43 bits per heavy atom. The molecule has 0 aliphatic carbocycles. The van der Waals surface area contributed by atoms with Crippen LogP contribution in [0, 0.1) is 6.92 Å². The molecule has 0 unspecified atom stereocenters. The highest BCUT2D eigenvalue weighted by atomic mass is 35.5. The van der Waals surface area contributed by atoms with Crippen LogP contribution in [0.4, 0.5) is 8.78 Å². The summed E-state index contributed by atoms with van der Waals surface area (Å²) >= 11 is 5.53. The van der Waals surface area contributed by atoms with Crippen molar-refractivity contribution in [3.63, 3.8) is 0 Å². The van der Waals surface area contributed by atoms with Crippen LogP contribution < -0.4 is 0 Å². The number of benzene rings is 1. The number of alkyl halides is 2. The Hall–Kier alpha value is -1.16. The first kappa shape index (κ1) is 10.9. The van der Waals surface area contributed by atoms with E-state index in [0.29, 0.717) is 0 Å². The molecule has 0 aliphatic rings. The monoisotopic (exact) mass is 220 g/mol. The third-order valence-electron chi connectivity index (χ3n) is 1.84. The van der Waals surface area contributed by atoms with Crippen LogP contribution in [0.3, 0.4) is 0 Å². The largest absolute Gasteiger partial charge is 0.478 e. The van der Waals surface area contributed by atoms with Gasteiger partial charge in [0.05, 0.1) is 10.6 Å². The molecule has 0 radical (unpaired) electrons. The Kier molecular flexibility index (Phi) is 3.06. The summed E-state index contributed by atoms with van der Waals surface area (Å²) in [6.45, 7) is 1.42. The minimum absolute atomic E-state index is 0.168. The van der Waals surface area contributed by atoms with Crippen molar-refractivity contribution >= 4 is 17.6 Å². The lowest BCUT2D eigenvalue weighted by molar-refractivity contribution is 0.0684. The molecule has 0 aromatic heterocycles. The zero-order chi connectivity index (χ0) is 10.9. The molecule has 0 saturated heterocycles. The number of rotatable bonds is 2. The minimum atomic E-state index is -2.83. The van der Waals surface area contributed by atoms with E-state index in [1.54, 1.807) is 0 Å². The highest BCUT2D eigenvalue weighted by molar-refractivity contribution is 6.33. The number of carboxylic acids is 1. The van der Waals surface area contributed by atoms with Gasteiger partial charge in [-0.1, -0.05) is 17.7 Å². The van der Waals surface area contributed by atoms with E-state index in [4.69, 9.17) is 16.7 Å². The van der Waals surface area contributed by atoms with Crippen LogP contribution in [0.15, 0.2) is 12.1 Å². The fourth-order valence-electron chi connectivity index (χ4n) is 1.20. The van der Waals surface area contributed by atoms with Gasteiger partial charge in [0.1, 0.15) is 0 Å². The van der Waals surface area contributed by atoms with Crippen molar-refractivity contribution < 1.29 is 18.7 Å². The average molecular weight is 221 g/mol. The maximum Gasteiger partial charge on any atom is 0.337 e. The fraction of sp³-hybridized carbons (Fsp3) is 0.222. The molecular weight excluding hydrogens is 214 g/mol. The molecule has 76 valence electrons. The van der Waals surface area contributed by atoms with E-state index in [1.165, 1.54) is 19.1 Å². The first-order valence-corrected chi connectivity index (χ1v) is 4.13. The Labute approximate surface area is 84.1 Å². The zero-order valence-electron chi connectivity index (χ0n) is 7.22. The molecule has 1 rings (SSSR count). The second-order valence-corrected chi connectivity index (χ2v) is 3.17. The van der Waals surface area contributed by atoms with Crippen molar-refractivity contribution in [2.45, 2.75) is 13.3 Å². The molecule has 2 nitrogen and oxygen atoms in total. The third-order valence-corrected chi connectivity index (χ3v) is 2.16. The maximum absolute atomic E-state index is 12.5. The zero-order valence-corrected chi connectivity index (χ0v) is 7.98. The van der Waals surface area contributed by atoms with Crippen molar-refractivity contribution in [1.29, 1.82) is 0 Å². The van der Waals surface area contributed by atoms with Crippen LogP contribution in [0.5, 0.6) is 0 Å². The number of halogens is 3. The second kappa shape index (κ2) is 3.92. The fourth-order valence-corrected chi connectivity index (χ4v) is 1.44. The lowest BCUT2D eigenvalue weighted by atomic mass is 10.0. The third kappa shape index (κ3) is 1.85. The summed E-state index contributed by atoms with van der Waals surface area (Å²) in [4.78, 5) is 10.7. The lowest BCUT2D eigenvalue weighted by Gasteiger charge is -2.09. The molecule has 1 aromatic rings.